The van der Waals surface area contributed by atoms with Gasteiger partial charge in [0.1, 0.15) is 11.6 Å². The number of nitrogens with one attached hydrogen (secondary N) is 1. The lowest BCUT2D eigenvalue weighted by atomic mass is 10.2. The third kappa shape index (κ3) is 2.06. The second-order valence-electron chi connectivity index (χ2n) is 3.16. The molecule has 0 aliphatic rings. The van der Waals surface area contributed by atoms with Gasteiger partial charge in [-0.2, -0.15) is 0 Å². The number of halogens is 1. The van der Waals surface area contributed by atoms with Crippen LogP contribution >= 0.6 is 0 Å². The van der Waals surface area contributed by atoms with Crippen LogP contribution in [-0.2, 0) is 0 Å². The van der Waals surface area contributed by atoms with Gasteiger partial charge in [-0.1, -0.05) is 12.1 Å². The normalized spacial score (nSPS) is 9.81. The minimum Gasteiger partial charge on any atom is -0.337 e. The number of pyridine rings is 1. The van der Waals surface area contributed by atoms with E-state index in [9.17, 15) is 9.18 Å². The Hall–Kier alpha value is -2.23. The molecule has 0 spiro atoms. The number of carbonyl (C=O) groups excluding carboxylic acids is 1. The van der Waals surface area contributed by atoms with Crippen LogP contribution in [0.2, 0.25) is 0 Å². The topological polar surface area (TPSA) is 42.0 Å². The highest BCUT2D eigenvalue weighted by molar-refractivity contribution is 5.83. The lowest BCUT2D eigenvalue weighted by Crippen LogP contribution is -1.99. The summed E-state index contributed by atoms with van der Waals surface area (Å²) in [5.41, 5.74) is 0.690. The van der Waals surface area contributed by atoms with E-state index >= 15 is 0 Å². The standard InChI is InChI=1S/C12H9FN2O/c13-10-5-1-2-6-11(10)15-12-9(8-16)4-3-7-14-12/h1-8H,(H,14,15). The summed E-state index contributed by atoms with van der Waals surface area (Å²) >= 11 is 0. The molecule has 0 radical (unpaired) electrons. The average Bonchev–Trinajstić information content (AvgIpc) is 2.33. The molecular formula is C12H9FN2O. The summed E-state index contributed by atoms with van der Waals surface area (Å²) in [6.07, 6.45) is 2.21. The van der Waals surface area contributed by atoms with Gasteiger partial charge in [0.25, 0.3) is 0 Å². The van der Waals surface area contributed by atoms with Gasteiger partial charge in [0.15, 0.2) is 6.29 Å². The smallest absolute Gasteiger partial charge is 0.153 e. The van der Waals surface area contributed by atoms with Crippen molar-refractivity contribution >= 4 is 17.8 Å². The Bertz CT molecular complexity index is 514. The predicted molar refractivity (Wildman–Crippen MR) is 59.3 cm³/mol. The Morgan fingerprint density at radius 3 is 2.75 bits per heavy atom. The van der Waals surface area contributed by atoms with Crippen LogP contribution < -0.4 is 5.32 Å². The summed E-state index contributed by atoms with van der Waals surface area (Å²) in [6.45, 7) is 0. The SMILES string of the molecule is O=Cc1cccnc1Nc1ccccc1F. The maximum Gasteiger partial charge on any atom is 0.153 e. The second kappa shape index (κ2) is 4.53. The number of nitrogens with zero attached hydrogens (tertiary/aromatic N) is 1. The first kappa shape index (κ1) is 10.3. The number of anilines is 2. The maximum atomic E-state index is 13.3. The zero-order chi connectivity index (χ0) is 11.4. The summed E-state index contributed by atoms with van der Waals surface area (Å²) < 4.78 is 13.3. The number of rotatable bonds is 3. The summed E-state index contributed by atoms with van der Waals surface area (Å²) in [5, 5.41) is 2.77. The van der Waals surface area contributed by atoms with Crippen molar-refractivity contribution in [1.82, 2.24) is 4.98 Å². The van der Waals surface area contributed by atoms with Gasteiger partial charge in [0.2, 0.25) is 0 Å². The summed E-state index contributed by atoms with van der Waals surface area (Å²) in [6, 6.07) is 9.48. The number of aldehydes is 1. The third-order valence-corrected chi connectivity index (χ3v) is 2.09. The minimum atomic E-state index is -0.384. The lowest BCUT2D eigenvalue weighted by molar-refractivity contribution is 0.112. The van der Waals surface area contributed by atoms with Crippen LogP contribution in [0, 0.1) is 5.82 Å². The van der Waals surface area contributed by atoms with E-state index in [4.69, 9.17) is 0 Å². The van der Waals surface area contributed by atoms with E-state index in [1.165, 1.54) is 12.3 Å². The molecule has 0 fully saturated rings. The molecule has 0 amide bonds. The lowest BCUT2D eigenvalue weighted by Gasteiger charge is -2.07. The monoisotopic (exact) mass is 216 g/mol. The fraction of sp³-hybridized carbons (Fsp3) is 0. The van der Waals surface area contributed by atoms with E-state index < -0.39 is 0 Å². The first-order valence-electron chi connectivity index (χ1n) is 4.73. The van der Waals surface area contributed by atoms with E-state index in [1.807, 2.05) is 0 Å². The van der Waals surface area contributed by atoms with Gasteiger partial charge in [0, 0.05) is 6.20 Å². The molecule has 0 aliphatic heterocycles. The summed E-state index contributed by atoms with van der Waals surface area (Å²) in [7, 11) is 0. The van der Waals surface area contributed by atoms with E-state index in [0.717, 1.165) is 0 Å². The molecule has 0 unspecified atom stereocenters. The molecule has 1 N–H and O–H groups in total. The van der Waals surface area contributed by atoms with E-state index in [-0.39, 0.29) is 5.82 Å². The van der Waals surface area contributed by atoms with Crippen LogP contribution in [0.15, 0.2) is 42.6 Å². The van der Waals surface area contributed by atoms with Gasteiger partial charge in [-0.15, -0.1) is 0 Å². The Kier molecular flexibility index (Phi) is 2.91. The van der Waals surface area contributed by atoms with Crippen LogP contribution in [0.3, 0.4) is 0 Å². The van der Waals surface area contributed by atoms with Crippen molar-refractivity contribution < 1.29 is 9.18 Å². The van der Waals surface area contributed by atoms with Crippen LogP contribution in [-0.4, -0.2) is 11.3 Å². The van der Waals surface area contributed by atoms with Crippen molar-refractivity contribution in [1.29, 1.82) is 0 Å². The molecule has 0 bridgehead atoms. The Morgan fingerprint density at radius 2 is 2.00 bits per heavy atom. The molecule has 80 valence electrons. The molecule has 16 heavy (non-hydrogen) atoms. The summed E-state index contributed by atoms with van der Waals surface area (Å²) in [5.74, 6) is -0.0346. The average molecular weight is 216 g/mol. The number of hydrogen-bond donors (Lipinski definition) is 1. The van der Waals surface area contributed by atoms with Crippen molar-refractivity contribution in [3.8, 4) is 0 Å². The van der Waals surface area contributed by atoms with Gasteiger partial charge < -0.3 is 5.32 Å². The first-order chi connectivity index (χ1) is 7.81. The largest absolute Gasteiger partial charge is 0.337 e. The highest BCUT2D eigenvalue weighted by Crippen LogP contribution is 2.19. The van der Waals surface area contributed by atoms with Crippen LogP contribution in [0.5, 0.6) is 0 Å². The molecule has 3 nitrogen and oxygen atoms in total. The fourth-order valence-electron chi connectivity index (χ4n) is 1.31. The molecule has 0 aliphatic carbocycles. The van der Waals surface area contributed by atoms with Crippen LogP contribution in [0.4, 0.5) is 15.9 Å². The van der Waals surface area contributed by atoms with E-state index in [0.29, 0.717) is 23.4 Å². The quantitative estimate of drug-likeness (QED) is 0.802. The van der Waals surface area contributed by atoms with Crippen molar-refractivity contribution in [2.24, 2.45) is 0 Å². The molecule has 2 aromatic rings. The summed E-state index contributed by atoms with van der Waals surface area (Å²) in [4.78, 5) is 14.7. The number of aromatic nitrogens is 1. The van der Waals surface area contributed by atoms with E-state index in [2.05, 4.69) is 10.3 Å². The molecule has 0 saturated carbocycles. The Balaban J connectivity index is 2.34. The van der Waals surface area contributed by atoms with Gasteiger partial charge in [-0.25, -0.2) is 9.37 Å². The Morgan fingerprint density at radius 1 is 1.19 bits per heavy atom. The molecule has 1 aromatic carbocycles. The van der Waals surface area contributed by atoms with Crippen LogP contribution in [0.25, 0.3) is 0 Å². The molecular weight excluding hydrogens is 207 g/mol. The molecule has 0 atom stereocenters. The number of carbonyl (C=O) groups is 1. The number of hydrogen-bond acceptors (Lipinski definition) is 3. The third-order valence-electron chi connectivity index (χ3n) is 2.09. The molecule has 1 aromatic heterocycles. The predicted octanol–water partition coefficient (Wildman–Crippen LogP) is 2.78. The maximum absolute atomic E-state index is 13.3. The first-order valence-corrected chi connectivity index (χ1v) is 4.73. The van der Waals surface area contributed by atoms with Gasteiger partial charge >= 0.3 is 0 Å². The Labute approximate surface area is 92.0 Å². The second-order valence-corrected chi connectivity index (χ2v) is 3.16. The van der Waals surface area contributed by atoms with Crippen molar-refractivity contribution in [3.63, 3.8) is 0 Å². The van der Waals surface area contributed by atoms with E-state index in [1.54, 1.807) is 30.3 Å². The number of para-hydroxylation sites is 1. The zero-order valence-electron chi connectivity index (χ0n) is 8.35. The van der Waals surface area contributed by atoms with Gasteiger partial charge in [-0.3, -0.25) is 4.79 Å². The van der Waals surface area contributed by atoms with Gasteiger partial charge in [0.05, 0.1) is 11.3 Å². The zero-order valence-corrected chi connectivity index (χ0v) is 8.35. The number of benzene rings is 1. The van der Waals surface area contributed by atoms with Crippen molar-refractivity contribution in [2.75, 3.05) is 5.32 Å². The highest BCUT2D eigenvalue weighted by Gasteiger charge is 2.05. The van der Waals surface area contributed by atoms with Crippen molar-refractivity contribution in [3.05, 3.63) is 54.0 Å². The molecule has 0 saturated heterocycles. The molecule has 1 heterocycles. The van der Waals surface area contributed by atoms with Gasteiger partial charge in [-0.05, 0) is 24.3 Å². The fourth-order valence-corrected chi connectivity index (χ4v) is 1.31. The molecule has 2 rings (SSSR count). The minimum absolute atomic E-state index is 0.296. The van der Waals surface area contributed by atoms with Crippen molar-refractivity contribution in [2.45, 2.75) is 0 Å². The molecule has 4 heteroatoms. The van der Waals surface area contributed by atoms with Crippen LogP contribution in [0.1, 0.15) is 10.4 Å². The highest BCUT2D eigenvalue weighted by atomic mass is 19.1.